The van der Waals surface area contributed by atoms with E-state index in [1.807, 2.05) is 25.1 Å². The number of benzene rings is 1. The van der Waals surface area contributed by atoms with E-state index < -0.39 is 0 Å². The van der Waals surface area contributed by atoms with Crippen LogP contribution in [-0.2, 0) is 0 Å². The quantitative estimate of drug-likeness (QED) is 0.909. The van der Waals surface area contributed by atoms with Crippen LogP contribution < -0.4 is 10.6 Å². The summed E-state index contributed by atoms with van der Waals surface area (Å²) in [5.41, 5.74) is 0.849. The van der Waals surface area contributed by atoms with Gasteiger partial charge in [0.05, 0.1) is 5.69 Å². The highest BCUT2D eigenvalue weighted by Gasteiger charge is 2.28. The zero-order valence-electron chi connectivity index (χ0n) is 11.7. The summed E-state index contributed by atoms with van der Waals surface area (Å²) >= 11 is 5.96. The molecule has 0 unspecified atom stereocenters. The Morgan fingerprint density at radius 3 is 2.95 bits per heavy atom. The molecule has 2 aromatic rings. The van der Waals surface area contributed by atoms with Gasteiger partial charge in [0, 0.05) is 23.3 Å². The molecule has 1 fully saturated rings. The van der Waals surface area contributed by atoms with E-state index in [1.54, 1.807) is 23.0 Å². The highest BCUT2D eigenvalue weighted by atomic mass is 35.5. The molecule has 5 nitrogen and oxygen atoms in total. The van der Waals surface area contributed by atoms with Gasteiger partial charge in [-0.25, -0.2) is 9.48 Å². The van der Waals surface area contributed by atoms with Crippen molar-refractivity contribution in [3.05, 3.63) is 41.6 Å². The Hall–Kier alpha value is -2.01. The maximum atomic E-state index is 11.9. The molecule has 1 aromatic carbocycles. The molecule has 110 valence electrons. The molecule has 0 saturated heterocycles. The lowest BCUT2D eigenvalue weighted by molar-refractivity contribution is 0.248. The maximum absolute atomic E-state index is 11.9. The Morgan fingerprint density at radius 1 is 1.43 bits per heavy atom. The van der Waals surface area contributed by atoms with Gasteiger partial charge in [-0.2, -0.15) is 0 Å². The molecule has 21 heavy (non-hydrogen) atoms. The lowest BCUT2D eigenvalue weighted by atomic mass is 10.2. The summed E-state index contributed by atoms with van der Waals surface area (Å²) in [6.45, 7) is 2.03. The smallest absolute Gasteiger partial charge is 0.320 e. The van der Waals surface area contributed by atoms with Crippen LogP contribution in [0.4, 0.5) is 10.6 Å². The lowest BCUT2D eigenvalue weighted by Gasteiger charge is -2.12. The highest BCUT2D eigenvalue weighted by molar-refractivity contribution is 6.30. The van der Waals surface area contributed by atoms with Gasteiger partial charge in [0.2, 0.25) is 0 Å². The van der Waals surface area contributed by atoms with Crippen LogP contribution in [-0.4, -0.2) is 21.9 Å². The van der Waals surface area contributed by atoms with E-state index in [9.17, 15) is 4.79 Å². The SMILES string of the molecule is C[C@H](NC(=O)Nc1ccn(-c2cccc(Cl)c2)n1)C1CC1. The Kier molecular flexibility index (Phi) is 3.84. The Balaban J connectivity index is 1.63. The predicted octanol–water partition coefficient (Wildman–Crippen LogP) is 3.45. The Labute approximate surface area is 128 Å². The van der Waals surface area contributed by atoms with Gasteiger partial charge >= 0.3 is 6.03 Å². The van der Waals surface area contributed by atoms with Crippen molar-refractivity contribution in [2.24, 2.45) is 5.92 Å². The minimum Gasteiger partial charge on any atom is -0.335 e. The summed E-state index contributed by atoms with van der Waals surface area (Å²) in [5, 5.41) is 10.6. The molecular formula is C15H17ClN4O. The summed E-state index contributed by atoms with van der Waals surface area (Å²) < 4.78 is 1.67. The summed E-state index contributed by atoms with van der Waals surface area (Å²) in [4.78, 5) is 11.9. The monoisotopic (exact) mass is 304 g/mol. The third kappa shape index (κ3) is 3.55. The van der Waals surface area contributed by atoms with Gasteiger partial charge in [0.15, 0.2) is 5.82 Å². The molecule has 0 aliphatic heterocycles. The fourth-order valence-electron chi connectivity index (χ4n) is 2.23. The molecule has 0 bridgehead atoms. The molecule has 6 heteroatoms. The second kappa shape index (κ2) is 5.77. The standard InChI is InChI=1S/C15H17ClN4O/c1-10(11-5-6-11)17-15(21)18-14-7-8-20(19-14)13-4-2-3-12(16)9-13/h2-4,7-11H,5-6H2,1H3,(H2,17,18,19,21)/t10-/m0/s1. The van der Waals surface area contributed by atoms with E-state index in [0.717, 1.165) is 5.69 Å². The normalized spacial score (nSPS) is 15.5. The number of nitrogens with zero attached hydrogens (tertiary/aromatic N) is 2. The van der Waals surface area contributed by atoms with Gasteiger partial charge in [-0.05, 0) is 43.9 Å². The van der Waals surface area contributed by atoms with Crippen LogP contribution in [0.5, 0.6) is 0 Å². The van der Waals surface area contributed by atoms with Crippen molar-refractivity contribution >= 4 is 23.4 Å². The number of nitrogens with one attached hydrogen (secondary N) is 2. The van der Waals surface area contributed by atoms with Crippen molar-refractivity contribution in [1.82, 2.24) is 15.1 Å². The van der Waals surface area contributed by atoms with Gasteiger partial charge in [-0.3, -0.25) is 5.32 Å². The molecule has 3 rings (SSSR count). The summed E-state index contributed by atoms with van der Waals surface area (Å²) in [6, 6.07) is 9.12. The van der Waals surface area contributed by atoms with Crippen LogP contribution in [0.25, 0.3) is 5.69 Å². The topological polar surface area (TPSA) is 59.0 Å². The zero-order valence-corrected chi connectivity index (χ0v) is 12.5. The number of halogens is 1. The van der Waals surface area contributed by atoms with E-state index >= 15 is 0 Å². The van der Waals surface area contributed by atoms with Crippen LogP contribution in [0.3, 0.4) is 0 Å². The number of carbonyl (C=O) groups excluding carboxylic acids is 1. The van der Waals surface area contributed by atoms with Crippen molar-refractivity contribution in [2.45, 2.75) is 25.8 Å². The number of anilines is 1. The fraction of sp³-hybridized carbons (Fsp3) is 0.333. The zero-order chi connectivity index (χ0) is 14.8. The summed E-state index contributed by atoms with van der Waals surface area (Å²) in [5.74, 6) is 1.13. The Bertz CT molecular complexity index is 651. The van der Waals surface area contributed by atoms with Crippen molar-refractivity contribution in [3.8, 4) is 5.69 Å². The Morgan fingerprint density at radius 2 is 2.24 bits per heavy atom. The van der Waals surface area contributed by atoms with Gasteiger partial charge in [-0.15, -0.1) is 5.10 Å². The molecule has 0 radical (unpaired) electrons. The van der Waals surface area contributed by atoms with Gasteiger partial charge in [-0.1, -0.05) is 17.7 Å². The first-order valence-electron chi connectivity index (χ1n) is 7.01. The van der Waals surface area contributed by atoms with Crippen molar-refractivity contribution < 1.29 is 4.79 Å². The van der Waals surface area contributed by atoms with Gasteiger partial charge in [0.1, 0.15) is 0 Å². The molecule has 1 saturated carbocycles. The van der Waals surface area contributed by atoms with Crippen LogP contribution in [0.2, 0.25) is 5.02 Å². The largest absolute Gasteiger partial charge is 0.335 e. The molecule has 0 spiro atoms. The van der Waals surface area contributed by atoms with Crippen LogP contribution >= 0.6 is 11.6 Å². The summed E-state index contributed by atoms with van der Waals surface area (Å²) in [6.07, 6.45) is 4.18. The molecule has 1 aliphatic rings. The van der Waals surface area contributed by atoms with E-state index in [-0.39, 0.29) is 12.1 Å². The number of rotatable bonds is 4. The predicted molar refractivity (Wildman–Crippen MR) is 82.9 cm³/mol. The first-order chi connectivity index (χ1) is 10.1. The maximum Gasteiger partial charge on any atom is 0.320 e. The van der Waals surface area contributed by atoms with Crippen LogP contribution in [0.1, 0.15) is 19.8 Å². The molecule has 2 N–H and O–H groups in total. The van der Waals surface area contributed by atoms with Crippen LogP contribution in [0.15, 0.2) is 36.5 Å². The number of amides is 2. The second-order valence-electron chi connectivity index (χ2n) is 5.35. The average Bonchev–Trinajstić information content (AvgIpc) is 3.19. The van der Waals surface area contributed by atoms with Crippen molar-refractivity contribution in [2.75, 3.05) is 5.32 Å². The average molecular weight is 305 g/mol. The van der Waals surface area contributed by atoms with Gasteiger partial charge in [0.25, 0.3) is 0 Å². The third-order valence-corrected chi connectivity index (χ3v) is 3.83. The summed E-state index contributed by atoms with van der Waals surface area (Å²) in [7, 11) is 0. The van der Waals surface area contributed by atoms with E-state index in [1.165, 1.54) is 12.8 Å². The molecule has 1 aromatic heterocycles. The van der Waals surface area contributed by atoms with Crippen LogP contribution in [0, 0.1) is 5.92 Å². The number of urea groups is 1. The number of hydrogen-bond donors (Lipinski definition) is 2. The fourth-order valence-corrected chi connectivity index (χ4v) is 2.41. The lowest BCUT2D eigenvalue weighted by Crippen LogP contribution is -2.37. The number of aromatic nitrogens is 2. The number of hydrogen-bond acceptors (Lipinski definition) is 2. The molecule has 2 amide bonds. The molecular weight excluding hydrogens is 288 g/mol. The minimum atomic E-state index is -0.217. The molecule has 1 atom stereocenters. The highest BCUT2D eigenvalue weighted by Crippen LogP contribution is 2.32. The first-order valence-corrected chi connectivity index (χ1v) is 7.39. The van der Waals surface area contributed by atoms with Gasteiger partial charge < -0.3 is 5.32 Å². The van der Waals surface area contributed by atoms with E-state index in [2.05, 4.69) is 15.7 Å². The number of carbonyl (C=O) groups is 1. The third-order valence-electron chi connectivity index (χ3n) is 3.59. The first kappa shape index (κ1) is 13.9. The molecule has 1 heterocycles. The van der Waals surface area contributed by atoms with Crippen molar-refractivity contribution in [3.63, 3.8) is 0 Å². The van der Waals surface area contributed by atoms with E-state index in [0.29, 0.717) is 16.8 Å². The second-order valence-corrected chi connectivity index (χ2v) is 5.79. The van der Waals surface area contributed by atoms with Crippen molar-refractivity contribution in [1.29, 1.82) is 0 Å². The molecule has 1 aliphatic carbocycles. The minimum absolute atomic E-state index is 0.208. The van der Waals surface area contributed by atoms with E-state index in [4.69, 9.17) is 11.6 Å².